The summed E-state index contributed by atoms with van der Waals surface area (Å²) in [5.41, 5.74) is 3.72. The molecule has 31 heavy (non-hydrogen) atoms. The van der Waals surface area contributed by atoms with Crippen molar-refractivity contribution < 1.29 is 4.79 Å². The van der Waals surface area contributed by atoms with Gasteiger partial charge in [-0.2, -0.15) is 0 Å². The zero-order chi connectivity index (χ0) is 20.1. The summed E-state index contributed by atoms with van der Waals surface area (Å²) >= 11 is 0. The van der Waals surface area contributed by atoms with Gasteiger partial charge in [-0.3, -0.25) is 14.7 Å². The van der Waals surface area contributed by atoms with E-state index in [2.05, 4.69) is 57.4 Å². The van der Waals surface area contributed by atoms with Gasteiger partial charge in [-0.25, -0.2) is 0 Å². The number of hydrogen-bond acceptors (Lipinski definition) is 5. The van der Waals surface area contributed by atoms with E-state index in [1.54, 1.807) is 6.20 Å². The number of aryl methyl sites for hydroxylation is 1. The lowest BCUT2D eigenvalue weighted by atomic mass is 10.0. The molecule has 4 rings (SSSR count). The first kappa shape index (κ1) is 25.4. The second-order valence-corrected chi connectivity index (χ2v) is 8.01. The van der Waals surface area contributed by atoms with Gasteiger partial charge in [0.15, 0.2) is 0 Å². The molecule has 3 heterocycles. The summed E-state index contributed by atoms with van der Waals surface area (Å²) in [5, 5.41) is 3.41. The lowest BCUT2D eigenvalue weighted by molar-refractivity contribution is -0.135. The van der Waals surface area contributed by atoms with Crippen molar-refractivity contribution in [1.29, 1.82) is 0 Å². The van der Waals surface area contributed by atoms with Crippen molar-refractivity contribution in [3.8, 4) is 0 Å². The van der Waals surface area contributed by atoms with Crippen molar-refractivity contribution in [3.63, 3.8) is 0 Å². The Morgan fingerprint density at radius 1 is 1.10 bits per heavy atom. The first-order valence-electron chi connectivity index (χ1n) is 10.6. The Bertz CT molecular complexity index is 815. The topological polar surface area (TPSA) is 51.7 Å². The minimum Gasteiger partial charge on any atom is -0.369 e. The fourth-order valence-electron chi connectivity index (χ4n) is 4.33. The summed E-state index contributed by atoms with van der Waals surface area (Å²) in [7, 11) is 0. The lowest BCUT2D eigenvalue weighted by Gasteiger charge is -2.38. The Labute approximate surface area is 197 Å². The van der Waals surface area contributed by atoms with Crippen molar-refractivity contribution in [1.82, 2.24) is 20.1 Å². The van der Waals surface area contributed by atoms with Crippen LogP contribution in [0.15, 0.2) is 48.8 Å². The summed E-state index contributed by atoms with van der Waals surface area (Å²) in [5.74, 6) is 0.251. The third kappa shape index (κ3) is 6.56. The number of pyridine rings is 1. The van der Waals surface area contributed by atoms with Crippen LogP contribution in [-0.4, -0.2) is 73.0 Å². The molecule has 170 valence electrons. The van der Waals surface area contributed by atoms with Crippen LogP contribution < -0.4 is 10.2 Å². The number of benzene rings is 1. The summed E-state index contributed by atoms with van der Waals surface area (Å²) < 4.78 is 0. The fraction of sp³-hybridized carbons (Fsp3) is 0.478. The minimum absolute atomic E-state index is 0. The van der Waals surface area contributed by atoms with Gasteiger partial charge in [0.05, 0.1) is 6.04 Å². The Balaban J connectivity index is 0.00000171. The smallest absolute Gasteiger partial charge is 0.224 e. The molecule has 1 aromatic heterocycles. The van der Waals surface area contributed by atoms with Crippen LogP contribution in [-0.2, 0) is 4.79 Å². The highest BCUT2D eigenvalue weighted by Gasteiger charge is 2.28. The monoisotopic (exact) mass is 465 g/mol. The van der Waals surface area contributed by atoms with Gasteiger partial charge >= 0.3 is 0 Å². The van der Waals surface area contributed by atoms with E-state index >= 15 is 0 Å². The van der Waals surface area contributed by atoms with Gasteiger partial charge in [0.2, 0.25) is 5.91 Å². The van der Waals surface area contributed by atoms with E-state index in [1.807, 2.05) is 17.2 Å². The van der Waals surface area contributed by atoms with Crippen LogP contribution in [0.5, 0.6) is 0 Å². The van der Waals surface area contributed by atoms with Crippen molar-refractivity contribution in [2.24, 2.45) is 0 Å². The molecule has 0 bridgehead atoms. The molecule has 2 aliphatic rings. The SMILES string of the molecule is Cc1cccc(N2CCN(CCC(=O)N3CCNCC3c3cccnc3)CC2)c1.Cl.Cl. The third-order valence-corrected chi connectivity index (χ3v) is 6.01. The molecule has 1 aromatic carbocycles. The summed E-state index contributed by atoms with van der Waals surface area (Å²) in [4.78, 5) is 24.1. The molecule has 0 aliphatic carbocycles. The third-order valence-electron chi connectivity index (χ3n) is 6.01. The lowest BCUT2D eigenvalue weighted by Crippen LogP contribution is -2.50. The molecule has 1 unspecified atom stereocenters. The van der Waals surface area contributed by atoms with E-state index in [0.717, 1.165) is 57.9 Å². The van der Waals surface area contributed by atoms with Crippen LogP contribution >= 0.6 is 24.8 Å². The predicted octanol–water partition coefficient (Wildman–Crippen LogP) is 2.92. The van der Waals surface area contributed by atoms with E-state index in [4.69, 9.17) is 0 Å². The highest BCUT2D eigenvalue weighted by molar-refractivity contribution is 5.85. The molecular formula is C23H33Cl2N5O. The predicted molar refractivity (Wildman–Crippen MR) is 131 cm³/mol. The largest absolute Gasteiger partial charge is 0.369 e. The molecule has 2 fully saturated rings. The molecule has 1 N–H and O–H groups in total. The molecule has 6 nitrogen and oxygen atoms in total. The summed E-state index contributed by atoms with van der Waals surface area (Å²) in [6.45, 7) is 9.45. The summed E-state index contributed by atoms with van der Waals surface area (Å²) in [6, 6.07) is 12.8. The van der Waals surface area contributed by atoms with Gasteiger partial charge < -0.3 is 15.1 Å². The number of amides is 1. The zero-order valence-corrected chi connectivity index (χ0v) is 19.7. The number of nitrogens with zero attached hydrogens (tertiary/aromatic N) is 4. The highest BCUT2D eigenvalue weighted by atomic mass is 35.5. The Morgan fingerprint density at radius 2 is 1.90 bits per heavy atom. The number of piperazine rings is 2. The quantitative estimate of drug-likeness (QED) is 0.735. The average molecular weight is 466 g/mol. The van der Waals surface area contributed by atoms with E-state index in [-0.39, 0.29) is 36.8 Å². The standard InChI is InChI=1S/C23H31N5O.2ClH/c1-19-4-2-6-21(16-19)27-14-12-26(13-15-27)10-7-23(29)28-11-9-25-18-22(28)20-5-3-8-24-17-20;;/h2-6,8,16-17,22,25H,7,9-15,18H2,1H3;2*1H. The maximum atomic E-state index is 13.0. The number of nitrogens with one attached hydrogen (secondary N) is 1. The van der Waals surface area contributed by atoms with Crippen molar-refractivity contribution in [3.05, 3.63) is 59.9 Å². The van der Waals surface area contributed by atoms with Gasteiger partial charge in [-0.1, -0.05) is 18.2 Å². The van der Waals surface area contributed by atoms with Crippen LogP contribution in [0, 0.1) is 6.92 Å². The second-order valence-electron chi connectivity index (χ2n) is 8.01. The Kier molecular flexibility index (Phi) is 10.0. The van der Waals surface area contributed by atoms with Crippen LogP contribution in [0.2, 0.25) is 0 Å². The number of aromatic nitrogens is 1. The van der Waals surface area contributed by atoms with Gasteiger partial charge in [-0.05, 0) is 36.2 Å². The highest BCUT2D eigenvalue weighted by Crippen LogP contribution is 2.22. The number of rotatable bonds is 5. The van der Waals surface area contributed by atoms with Crippen molar-refractivity contribution in [2.75, 3.05) is 57.3 Å². The molecule has 2 saturated heterocycles. The Morgan fingerprint density at radius 3 is 2.61 bits per heavy atom. The van der Waals surface area contributed by atoms with Gasteiger partial charge in [0, 0.05) is 76.9 Å². The van der Waals surface area contributed by atoms with E-state index in [0.29, 0.717) is 6.42 Å². The minimum atomic E-state index is 0. The van der Waals surface area contributed by atoms with Crippen LogP contribution in [0.25, 0.3) is 0 Å². The summed E-state index contributed by atoms with van der Waals surface area (Å²) in [6.07, 6.45) is 4.24. The number of anilines is 1. The molecule has 1 amide bonds. The molecular weight excluding hydrogens is 433 g/mol. The van der Waals surface area contributed by atoms with Crippen LogP contribution in [0.1, 0.15) is 23.6 Å². The van der Waals surface area contributed by atoms with Crippen molar-refractivity contribution >= 4 is 36.4 Å². The van der Waals surface area contributed by atoms with E-state index < -0.39 is 0 Å². The van der Waals surface area contributed by atoms with Gasteiger partial charge in [0.1, 0.15) is 0 Å². The normalized spacial score (nSPS) is 19.3. The first-order valence-corrected chi connectivity index (χ1v) is 10.6. The molecule has 2 aromatic rings. The van der Waals surface area contributed by atoms with E-state index in [9.17, 15) is 4.79 Å². The van der Waals surface area contributed by atoms with Gasteiger partial charge in [-0.15, -0.1) is 24.8 Å². The maximum Gasteiger partial charge on any atom is 0.224 e. The van der Waals surface area contributed by atoms with E-state index in [1.165, 1.54) is 11.3 Å². The molecule has 2 aliphatic heterocycles. The Hall–Kier alpha value is -1.86. The average Bonchev–Trinajstić information content (AvgIpc) is 2.78. The number of carbonyl (C=O) groups excluding carboxylic acids is 1. The fourth-order valence-corrected chi connectivity index (χ4v) is 4.33. The molecule has 0 spiro atoms. The zero-order valence-electron chi connectivity index (χ0n) is 18.1. The molecule has 8 heteroatoms. The van der Waals surface area contributed by atoms with Crippen LogP contribution in [0.3, 0.4) is 0 Å². The number of halogens is 2. The van der Waals surface area contributed by atoms with Crippen molar-refractivity contribution in [2.45, 2.75) is 19.4 Å². The van der Waals surface area contributed by atoms with Gasteiger partial charge in [0.25, 0.3) is 0 Å². The molecule has 0 radical (unpaired) electrons. The molecule has 1 atom stereocenters. The first-order chi connectivity index (χ1) is 14.2. The van der Waals surface area contributed by atoms with Crippen LogP contribution in [0.4, 0.5) is 5.69 Å². The second kappa shape index (κ2) is 12.2. The number of carbonyl (C=O) groups is 1. The maximum absolute atomic E-state index is 13.0. The molecule has 0 saturated carbocycles. The number of hydrogen-bond donors (Lipinski definition) is 1.